The Bertz CT molecular complexity index is 865. The van der Waals surface area contributed by atoms with E-state index in [2.05, 4.69) is 17.6 Å². The summed E-state index contributed by atoms with van der Waals surface area (Å²) in [6.45, 7) is 3.51. The van der Waals surface area contributed by atoms with Crippen LogP contribution in [0.1, 0.15) is 5.56 Å². The van der Waals surface area contributed by atoms with Gasteiger partial charge in [0.2, 0.25) is 0 Å². The van der Waals surface area contributed by atoms with Crippen LogP contribution in [0.2, 0.25) is 0 Å². The molecule has 3 rings (SSSR count). The lowest BCUT2D eigenvalue weighted by Crippen LogP contribution is -2.34. The van der Waals surface area contributed by atoms with Gasteiger partial charge in [-0.3, -0.25) is 4.98 Å². The molecule has 22 heavy (non-hydrogen) atoms. The van der Waals surface area contributed by atoms with Crippen molar-refractivity contribution >= 4 is 23.3 Å². The molecular formula is C18H13BN2O. The lowest BCUT2D eigenvalue weighted by molar-refractivity contribution is 0.596. The average Bonchev–Trinajstić information content (AvgIpc) is 2.59. The Hall–Kier alpha value is -3.06. The van der Waals surface area contributed by atoms with Gasteiger partial charge in [0, 0.05) is 11.6 Å². The molecule has 0 atom stereocenters. The molecule has 4 heteroatoms. The number of benzene rings is 2. The van der Waals surface area contributed by atoms with Crippen LogP contribution in [0.3, 0.4) is 0 Å². The summed E-state index contributed by atoms with van der Waals surface area (Å²) >= 11 is 0. The second-order valence-electron chi connectivity index (χ2n) is 4.84. The highest BCUT2D eigenvalue weighted by Gasteiger charge is 2.18. The van der Waals surface area contributed by atoms with E-state index in [1.54, 1.807) is 18.2 Å². The number of pyridine rings is 1. The lowest BCUT2D eigenvalue weighted by Gasteiger charge is -2.14. The second kappa shape index (κ2) is 6.15. The van der Waals surface area contributed by atoms with Gasteiger partial charge in [-0.15, -0.1) is 6.58 Å². The predicted molar refractivity (Wildman–Crippen MR) is 89.1 cm³/mol. The van der Waals surface area contributed by atoms with E-state index in [0.29, 0.717) is 11.3 Å². The van der Waals surface area contributed by atoms with Crippen molar-refractivity contribution < 1.29 is 4.65 Å². The second-order valence-corrected chi connectivity index (χ2v) is 4.84. The Morgan fingerprint density at radius 2 is 1.95 bits per heavy atom. The Labute approximate surface area is 129 Å². The maximum absolute atomic E-state index is 9.02. The van der Waals surface area contributed by atoms with Gasteiger partial charge in [0.15, 0.2) is 0 Å². The van der Waals surface area contributed by atoms with Crippen molar-refractivity contribution in [2.75, 3.05) is 0 Å². The molecular weight excluding hydrogens is 271 g/mol. The third kappa shape index (κ3) is 2.70. The smallest absolute Gasteiger partial charge is 0.418 e. The fourth-order valence-electron chi connectivity index (χ4n) is 2.35. The summed E-state index contributed by atoms with van der Waals surface area (Å²) in [6, 6.07) is 19.2. The minimum atomic E-state index is -0.332. The zero-order valence-electron chi connectivity index (χ0n) is 11.9. The summed E-state index contributed by atoms with van der Waals surface area (Å²) in [5.74, 6) is 2.42. The summed E-state index contributed by atoms with van der Waals surface area (Å²) in [5, 5.41) is 10.0. The summed E-state index contributed by atoms with van der Waals surface area (Å²) in [6.07, 6.45) is 1.74. The monoisotopic (exact) mass is 284 g/mol. The van der Waals surface area contributed by atoms with Crippen LogP contribution in [0, 0.1) is 11.3 Å². The third-order valence-corrected chi connectivity index (χ3v) is 3.41. The van der Waals surface area contributed by atoms with Crippen LogP contribution in [0.5, 0.6) is 5.75 Å². The maximum atomic E-state index is 9.02. The molecule has 0 aliphatic heterocycles. The molecule has 1 heterocycles. The number of aromatic nitrogens is 1. The molecule has 0 amide bonds. The molecule has 0 bridgehead atoms. The molecule has 3 aromatic rings. The van der Waals surface area contributed by atoms with Crippen molar-refractivity contribution in [2.24, 2.45) is 0 Å². The van der Waals surface area contributed by atoms with Crippen LogP contribution >= 0.6 is 0 Å². The van der Waals surface area contributed by atoms with Crippen LogP contribution < -0.4 is 10.1 Å². The Morgan fingerprint density at radius 3 is 2.77 bits per heavy atom. The standard InChI is InChI=1S/C18H13BN2O/c1-2-19(16-9-3-6-14(12-16)13-20)22-17-10-4-7-15-8-5-11-21-18(15)17/h2-12H,1H2. The highest BCUT2D eigenvalue weighted by Crippen LogP contribution is 2.23. The van der Waals surface area contributed by atoms with Gasteiger partial charge < -0.3 is 4.65 Å². The van der Waals surface area contributed by atoms with Crippen LogP contribution in [0.25, 0.3) is 10.9 Å². The highest BCUT2D eigenvalue weighted by atomic mass is 16.4. The van der Waals surface area contributed by atoms with E-state index in [1.807, 2.05) is 48.5 Å². The van der Waals surface area contributed by atoms with Crippen molar-refractivity contribution in [3.8, 4) is 11.8 Å². The zero-order valence-corrected chi connectivity index (χ0v) is 11.9. The van der Waals surface area contributed by atoms with E-state index >= 15 is 0 Å². The first-order valence-electron chi connectivity index (χ1n) is 6.95. The van der Waals surface area contributed by atoms with E-state index in [-0.39, 0.29) is 6.92 Å². The van der Waals surface area contributed by atoms with Gasteiger partial charge in [0.1, 0.15) is 11.3 Å². The molecule has 0 fully saturated rings. The maximum Gasteiger partial charge on any atom is 0.418 e. The quantitative estimate of drug-likeness (QED) is 0.691. The number of fused-ring (bicyclic) bond motifs is 1. The van der Waals surface area contributed by atoms with Crippen LogP contribution in [0.4, 0.5) is 0 Å². The first-order chi connectivity index (χ1) is 10.8. The molecule has 2 aromatic carbocycles. The third-order valence-electron chi connectivity index (χ3n) is 3.41. The number of nitrogens with zero attached hydrogens (tertiary/aromatic N) is 2. The Morgan fingerprint density at radius 1 is 1.14 bits per heavy atom. The van der Waals surface area contributed by atoms with E-state index < -0.39 is 0 Å². The normalized spacial score (nSPS) is 9.95. The summed E-state index contributed by atoms with van der Waals surface area (Å²) < 4.78 is 6.07. The predicted octanol–water partition coefficient (Wildman–Crippen LogP) is 3.11. The lowest BCUT2D eigenvalue weighted by atomic mass is 9.61. The van der Waals surface area contributed by atoms with Gasteiger partial charge in [0.25, 0.3) is 0 Å². The first-order valence-corrected chi connectivity index (χ1v) is 6.95. The minimum absolute atomic E-state index is 0.332. The molecule has 0 saturated carbocycles. The van der Waals surface area contributed by atoms with Crippen molar-refractivity contribution in [3.05, 3.63) is 78.9 Å². The van der Waals surface area contributed by atoms with E-state index in [9.17, 15) is 0 Å². The van der Waals surface area contributed by atoms with Crippen LogP contribution in [-0.4, -0.2) is 11.9 Å². The van der Waals surface area contributed by atoms with Gasteiger partial charge in [-0.1, -0.05) is 36.3 Å². The first kappa shape index (κ1) is 13.9. The molecule has 0 saturated heterocycles. The number of para-hydroxylation sites is 1. The molecule has 3 nitrogen and oxygen atoms in total. The molecule has 0 spiro atoms. The average molecular weight is 284 g/mol. The van der Waals surface area contributed by atoms with Gasteiger partial charge in [-0.2, -0.15) is 5.26 Å². The molecule has 104 valence electrons. The molecule has 0 aliphatic carbocycles. The minimum Gasteiger partial charge on any atom is -0.550 e. The van der Waals surface area contributed by atoms with Crippen molar-refractivity contribution in [1.29, 1.82) is 5.26 Å². The van der Waals surface area contributed by atoms with E-state index in [1.165, 1.54) is 0 Å². The Kier molecular flexibility index (Phi) is 3.89. The van der Waals surface area contributed by atoms with Crippen molar-refractivity contribution in [2.45, 2.75) is 0 Å². The largest absolute Gasteiger partial charge is 0.550 e. The van der Waals surface area contributed by atoms with Gasteiger partial charge in [-0.25, -0.2) is 0 Å². The van der Waals surface area contributed by atoms with Crippen molar-refractivity contribution in [1.82, 2.24) is 4.98 Å². The van der Waals surface area contributed by atoms with Crippen LogP contribution in [-0.2, 0) is 0 Å². The van der Waals surface area contributed by atoms with Crippen molar-refractivity contribution in [3.63, 3.8) is 0 Å². The van der Waals surface area contributed by atoms with Gasteiger partial charge in [0.05, 0.1) is 11.6 Å². The number of hydrogen-bond acceptors (Lipinski definition) is 3. The molecule has 0 N–H and O–H groups in total. The molecule has 0 radical (unpaired) electrons. The van der Waals surface area contributed by atoms with Gasteiger partial charge in [-0.05, 0) is 29.7 Å². The highest BCUT2D eigenvalue weighted by molar-refractivity contribution is 6.72. The van der Waals surface area contributed by atoms with E-state index in [0.717, 1.165) is 16.4 Å². The molecule has 0 aliphatic rings. The SMILES string of the molecule is C=CB(Oc1cccc2cccnc12)c1cccc(C#N)c1. The van der Waals surface area contributed by atoms with E-state index in [4.69, 9.17) is 9.92 Å². The fraction of sp³-hybridized carbons (Fsp3) is 0. The molecule has 1 aromatic heterocycles. The zero-order chi connectivity index (χ0) is 15.4. The summed E-state index contributed by atoms with van der Waals surface area (Å²) in [4.78, 5) is 4.38. The summed E-state index contributed by atoms with van der Waals surface area (Å²) in [5.41, 5.74) is 2.30. The molecule has 0 unspecified atom stereocenters. The number of nitriles is 1. The fourth-order valence-corrected chi connectivity index (χ4v) is 2.35. The van der Waals surface area contributed by atoms with Crippen LogP contribution in [0.15, 0.2) is 73.3 Å². The summed E-state index contributed by atoms with van der Waals surface area (Å²) in [7, 11) is 0. The van der Waals surface area contributed by atoms with Gasteiger partial charge >= 0.3 is 6.92 Å². The Balaban J connectivity index is 1.98. The topological polar surface area (TPSA) is 45.9 Å². The number of hydrogen-bond donors (Lipinski definition) is 0. The number of rotatable bonds is 4.